The van der Waals surface area contributed by atoms with Crippen molar-refractivity contribution < 1.29 is 4.79 Å². The Hall–Kier alpha value is -2.70. The van der Waals surface area contributed by atoms with Crippen LogP contribution < -0.4 is 10.6 Å². The predicted octanol–water partition coefficient (Wildman–Crippen LogP) is 4.98. The number of nitrogens with one attached hydrogen (secondary N) is 3. The molecule has 3 aliphatic rings. The Morgan fingerprint density at radius 2 is 1.97 bits per heavy atom. The molecule has 3 aromatic rings. The Kier molecular flexibility index (Phi) is 4.77. The molecule has 2 aromatic heterocycles. The van der Waals surface area contributed by atoms with Crippen LogP contribution in [0.5, 0.6) is 0 Å². The number of aromatic amines is 1. The maximum Gasteiger partial charge on any atom is 0.256 e. The number of hydrogen-bond acceptors (Lipinski definition) is 4. The second-order valence-corrected chi connectivity index (χ2v) is 9.69. The number of anilines is 1. The first kappa shape index (κ1) is 19.0. The third-order valence-corrected chi connectivity index (χ3v) is 7.75. The molecular weight excluding hydrogens is 404 g/mol. The number of aryl methyl sites for hydroxylation is 2. The van der Waals surface area contributed by atoms with E-state index in [0.717, 1.165) is 72.5 Å². The zero-order valence-electron chi connectivity index (χ0n) is 17.5. The number of carbonyl (C=O) groups excluding carboxylic acids is 1. The van der Waals surface area contributed by atoms with E-state index in [1.807, 2.05) is 12.1 Å². The van der Waals surface area contributed by atoms with Crippen LogP contribution >= 0.6 is 11.3 Å². The van der Waals surface area contributed by atoms with Gasteiger partial charge in [0, 0.05) is 39.5 Å². The highest BCUT2D eigenvalue weighted by atomic mass is 32.1. The van der Waals surface area contributed by atoms with Crippen molar-refractivity contribution in [1.29, 1.82) is 0 Å². The predicted molar refractivity (Wildman–Crippen MR) is 126 cm³/mol. The minimum absolute atomic E-state index is 0.0339. The van der Waals surface area contributed by atoms with Gasteiger partial charge in [0.2, 0.25) is 0 Å². The second-order valence-electron chi connectivity index (χ2n) is 8.80. The lowest BCUT2D eigenvalue weighted by Crippen LogP contribution is -2.26. The molecule has 1 aliphatic carbocycles. The Morgan fingerprint density at radius 1 is 1.10 bits per heavy atom. The quantitative estimate of drug-likeness (QED) is 0.514. The van der Waals surface area contributed by atoms with E-state index in [1.165, 1.54) is 29.1 Å². The molecule has 1 fully saturated rings. The standard InChI is InChI=1S/C25H26N4OS/c30-24-20(13-18-11-16-3-1-2-4-21(16)27-18)19-12-17(5-6-22(19)28-24)23-14-31-25(29-23)15-7-9-26-10-8-15/h5-6,11-15,26-27H,1-4,7-10H2,(H,28,30). The van der Waals surface area contributed by atoms with Gasteiger partial charge in [0.05, 0.1) is 16.3 Å². The molecule has 6 rings (SSSR count). The van der Waals surface area contributed by atoms with E-state index >= 15 is 0 Å². The van der Waals surface area contributed by atoms with Gasteiger partial charge in [-0.25, -0.2) is 4.98 Å². The summed E-state index contributed by atoms with van der Waals surface area (Å²) < 4.78 is 0. The molecule has 0 radical (unpaired) electrons. The van der Waals surface area contributed by atoms with Gasteiger partial charge in [0.25, 0.3) is 5.91 Å². The number of rotatable bonds is 3. The summed E-state index contributed by atoms with van der Waals surface area (Å²) >= 11 is 1.76. The zero-order valence-corrected chi connectivity index (χ0v) is 18.3. The third-order valence-electron chi connectivity index (χ3n) is 6.74. The molecule has 2 aliphatic heterocycles. The van der Waals surface area contributed by atoms with Crippen LogP contribution in [0.25, 0.3) is 22.9 Å². The maximum absolute atomic E-state index is 12.7. The topological polar surface area (TPSA) is 69.8 Å². The van der Waals surface area contributed by atoms with Gasteiger partial charge in [-0.15, -0.1) is 11.3 Å². The molecule has 3 N–H and O–H groups in total. The number of piperidine rings is 1. The molecule has 1 saturated heterocycles. The first-order chi connectivity index (χ1) is 15.2. The summed E-state index contributed by atoms with van der Waals surface area (Å²) in [7, 11) is 0. The minimum atomic E-state index is -0.0339. The van der Waals surface area contributed by atoms with E-state index in [4.69, 9.17) is 4.98 Å². The Balaban J connectivity index is 1.33. The van der Waals surface area contributed by atoms with Gasteiger partial charge in [0.15, 0.2) is 0 Å². The van der Waals surface area contributed by atoms with Gasteiger partial charge in [-0.1, -0.05) is 6.07 Å². The average molecular weight is 431 g/mol. The van der Waals surface area contributed by atoms with Gasteiger partial charge in [0.1, 0.15) is 0 Å². The van der Waals surface area contributed by atoms with Gasteiger partial charge < -0.3 is 15.6 Å². The van der Waals surface area contributed by atoms with E-state index in [-0.39, 0.29) is 5.91 Å². The average Bonchev–Trinajstić information content (AvgIpc) is 3.52. The van der Waals surface area contributed by atoms with Crippen molar-refractivity contribution in [3.63, 3.8) is 0 Å². The highest BCUT2D eigenvalue weighted by molar-refractivity contribution is 7.10. The number of aromatic nitrogens is 2. The van der Waals surface area contributed by atoms with Crippen molar-refractivity contribution in [2.24, 2.45) is 0 Å². The van der Waals surface area contributed by atoms with Crippen molar-refractivity contribution in [1.82, 2.24) is 15.3 Å². The first-order valence-electron chi connectivity index (χ1n) is 11.3. The van der Waals surface area contributed by atoms with Crippen LogP contribution in [-0.4, -0.2) is 29.0 Å². The van der Waals surface area contributed by atoms with Gasteiger partial charge in [-0.2, -0.15) is 0 Å². The number of thiazole rings is 1. The van der Waals surface area contributed by atoms with E-state index < -0.39 is 0 Å². The fraction of sp³-hybridized carbons (Fsp3) is 0.360. The molecule has 0 saturated carbocycles. The molecule has 0 atom stereocenters. The monoisotopic (exact) mass is 430 g/mol. The smallest absolute Gasteiger partial charge is 0.256 e. The van der Waals surface area contributed by atoms with Crippen LogP contribution in [0.4, 0.5) is 5.69 Å². The van der Waals surface area contributed by atoms with Gasteiger partial charge >= 0.3 is 0 Å². The van der Waals surface area contributed by atoms with Crippen LogP contribution in [0.15, 0.2) is 29.6 Å². The molecule has 0 spiro atoms. The van der Waals surface area contributed by atoms with Crippen LogP contribution in [0, 0.1) is 0 Å². The van der Waals surface area contributed by atoms with Crippen molar-refractivity contribution in [3.8, 4) is 11.3 Å². The number of fused-ring (bicyclic) bond motifs is 2. The summed E-state index contributed by atoms with van der Waals surface area (Å²) in [5.74, 6) is 0.528. The summed E-state index contributed by atoms with van der Waals surface area (Å²) in [6.07, 6.45) is 9.04. The van der Waals surface area contributed by atoms with Crippen molar-refractivity contribution in [2.75, 3.05) is 18.4 Å². The van der Waals surface area contributed by atoms with E-state index in [1.54, 1.807) is 11.3 Å². The highest BCUT2D eigenvalue weighted by Crippen LogP contribution is 2.38. The lowest BCUT2D eigenvalue weighted by atomic mass is 9.98. The summed E-state index contributed by atoms with van der Waals surface area (Å²) in [6.45, 7) is 2.14. The third kappa shape index (κ3) is 3.54. The fourth-order valence-corrected chi connectivity index (χ4v) is 6.03. The van der Waals surface area contributed by atoms with Gasteiger partial charge in [-0.05, 0) is 81.5 Å². The van der Waals surface area contributed by atoms with Crippen LogP contribution in [-0.2, 0) is 17.6 Å². The molecule has 4 heterocycles. The van der Waals surface area contributed by atoms with E-state index in [2.05, 4.69) is 39.2 Å². The zero-order chi connectivity index (χ0) is 20.8. The second kappa shape index (κ2) is 7.77. The Morgan fingerprint density at radius 3 is 2.84 bits per heavy atom. The van der Waals surface area contributed by atoms with Crippen molar-refractivity contribution >= 4 is 34.6 Å². The lowest BCUT2D eigenvalue weighted by Gasteiger charge is -2.20. The number of benzene rings is 1. The number of amides is 1. The summed E-state index contributed by atoms with van der Waals surface area (Å²) in [4.78, 5) is 21.2. The van der Waals surface area contributed by atoms with Gasteiger partial charge in [-0.3, -0.25) is 4.79 Å². The summed E-state index contributed by atoms with van der Waals surface area (Å²) in [5.41, 5.74) is 8.41. The Bertz CT molecular complexity index is 1160. The summed E-state index contributed by atoms with van der Waals surface area (Å²) in [5, 5.41) is 9.84. The Labute approximate surface area is 186 Å². The largest absolute Gasteiger partial charge is 0.359 e. The lowest BCUT2D eigenvalue weighted by molar-refractivity contribution is -0.110. The maximum atomic E-state index is 12.7. The van der Waals surface area contributed by atoms with Crippen LogP contribution in [0.1, 0.15) is 59.1 Å². The molecule has 31 heavy (non-hydrogen) atoms. The molecule has 1 amide bonds. The van der Waals surface area contributed by atoms with Crippen LogP contribution in [0.2, 0.25) is 0 Å². The fourth-order valence-electron chi connectivity index (χ4n) is 5.03. The molecule has 1 aromatic carbocycles. The number of hydrogen-bond donors (Lipinski definition) is 3. The normalized spacial score (nSPS) is 20.0. The van der Waals surface area contributed by atoms with Crippen LogP contribution in [0.3, 0.4) is 0 Å². The van der Waals surface area contributed by atoms with E-state index in [9.17, 15) is 4.79 Å². The molecule has 6 heteroatoms. The first-order valence-corrected chi connectivity index (χ1v) is 12.2. The van der Waals surface area contributed by atoms with E-state index in [0.29, 0.717) is 5.92 Å². The number of H-pyrrole nitrogens is 1. The highest BCUT2D eigenvalue weighted by Gasteiger charge is 2.26. The number of carbonyl (C=O) groups is 1. The minimum Gasteiger partial charge on any atom is -0.359 e. The SMILES string of the molecule is O=C1Nc2ccc(-c3csc(C4CCNCC4)n3)cc2C1=Cc1cc2c([nH]1)CCCC2. The van der Waals surface area contributed by atoms with Crippen molar-refractivity contribution in [3.05, 3.63) is 57.2 Å². The molecule has 0 bridgehead atoms. The summed E-state index contributed by atoms with van der Waals surface area (Å²) in [6, 6.07) is 8.40. The number of nitrogens with zero attached hydrogens (tertiary/aromatic N) is 1. The molecule has 5 nitrogen and oxygen atoms in total. The molecule has 0 unspecified atom stereocenters. The molecular formula is C25H26N4OS. The van der Waals surface area contributed by atoms with Crippen molar-refractivity contribution in [2.45, 2.75) is 44.4 Å². The molecule has 158 valence electrons.